The summed E-state index contributed by atoms with van der Waals surface area (Å²) in [7, 11) is 0. The van der Waals surface area contributed by atoms with Crippen LogP contribution in [0.25, 0.3) is 0 Å². The molecule has 5 heteroatoms. The van der Waals surface area contributed by atoms with Gasteiger partial charge in [0.1, 0.15) is 0 Å². The molecule has 190 valence electrons. The fourth-order valence-electron chi connectivity index (χ4n) is 7.59. The van der Waals surface area contributed by atoms with E-state index in [0.717, 1.165) is 29.0 Å². The normalized spacial score (nSPS) is 26.5. The van der Waals surface area contributed by atoms with Gasteiger partial charge in [-0.2, -0.15) is 0 Å². The molecular weight excluding hydrogens is 480 g/mol. The molecular formula is C32H33ClN2O2. The molecule has 1 unspecified atom stereocenters. The van der Waals surface area contributed by atoms with Gasteiger partial charge in [0.05, 0.1) is 23.0 Å². The molecule has 0 aliphatic heterocycles. The third-order valence-electron chi connectivity index (χ3n) is 8.83. The summed E-state index contributed by atoms with van der Waals surface area (Å²) in [6.07, 6.45) is 8.41. The second-order valence-corrected chi connectivity index (χ2v) is 11.9. The summed E-state index contributed by atoms with van der Waals surface area (Å²) in [4.78, 5) is 26.1. The Kier molecular flexibility index (Phi) is 6.54. The molecule has 3 aromatic rings. The van der Waals surface area contributed by atoms with Crippen LogP contribution in [-0.2, 0) is 10.2 Å². The number of halogens is 1. The number of nitrogens with one attached hydrogen (secondary N) is 2. The predicted molar refractivity (Wildman–Crippen MR) is 148 cm³/mol. The molecule has 4 nitrogen and oxygen atoms in total. The molecule has 4 aliphatic rings. The minimum atomic E-state index is -0.476. The molecule has 4 fully saturated rings. The van der Waals surface area contributed by atoms with E-state index >= 15 is 0 Å². The summed E-state index contributed by atoms with van der Waals surface area (Å²) in [5.41, 5.74) is 3.85. The molecule has 37 heavy (non-hydrogen) atoms. The minimum absolute atomic E-state index is 0.122. The first kappa shape index (κ1) is 24.2. The molecule has 0 radical (unpaired) electrons. The zero-order valence-electron chi connectivity index (χ0n) is 21.0. The van der Waals surface area contributed by atoms with E-state index in [2.05, 4.69) is 22.8 Å². The third kappa shape index (κ3) is 5.04. The molecule has 0 saturated heterocycles. The first-order valence-corrected chi connectivity index (χ1v) is 13.9. The van der Waals surface area contributed by atoms with Crippen LogP contribution in [0.15, 0.2) is 78.9 Å². The topological polar surface area (TPSA) is 58.2 Å². The van der Waals surface area contributed by atoms with Crippen LogP contribution in [-0.4, -0.2) is 11.8 Å². The lowest BCUT2D eigenvalue weighted by Crippen LogP contribution is -2.48. The highest BCUT2D eigenvalue weighted by Crippen LogP contribution is 2.60. The molecule has 1 atom stereocenters. The molecule has 4 aliphatic carbocycles. The van der Waals surface area contributed by atoms with Crippen molar-refractivity contribution in [1.82, 2.24) is 5.32 Å². The van der Waals surface area contributed by atoms with E-state index in [1.165, 1.54) is 44.1 Å². The van der Waals surface area contributed by atoms with Crippen molar-refractivity contribution in [2.24, 2.45) is 17.8 Å². The van der Waals surface area contributed by atoms with E-state index in [0.29, 0.717) is 16.0 Å². The summed E-state index contributed by atoms with van der Waals surface area (Å²) in [6.45, 7) is 0. The van der Waals surface area contributed by atoms with Gasteiger partial charge in [-0.15, -0.1) is 0 Å². The van der Waals surface area contributed by atoms with Crippen LogP contribution in [0.1, 0.15) is 72.5 Å². The minimum Gasteiger partial charge on any atom is -0.345 e. The predicted octanol–water partition coefficient (Wildman–Crippen LogP) is 7.31. The largest absolute Gasteiger partial charge is 0.345 e. The van der Waals surface area contributed by atoms with E-state index in [4.69, 9.17) is 11.6 Å². The zero-order chi connectivity index (χ0) is 25.4. The Hall–Kier alpha value is -3.11. The standard InChI is InChI=1S/C32H33ClN2O2/c33-28-9-5-4-8-27(28)31(37)35-29(24-6-2-1-3-7-24)17-30(36)34-26-12-10-25(11-13-26)32-18-21-14-22(19-32)16-23(15-21)20-32/h1-13,21-23,29H,14-20H2,(H,34,36)(H,35,37). The zero-order valence-corrected chi connectivity index (χ0v) is 21.7. The molecule has 4 bridgehead atoms. The van der Waals surface area contributed by atoms with Crippen molar-refractivity contribution in [3.8, 4) is 0 Å². The van der Waals surface area contributed by atoms with Gasteiger partial charge in [0.2, 0.25) is 5.91 Å². The Morgan fingerprint density at radius 1 is 0.811 bits per heavy atom. The maximum atomic E-state index is 13.1. The van der Waals surface area contributed by atoms with Crippen molar-refractivity contribution in [1.29, 1.82) is 0 Å². The van der Waals surface area contributed by atoms with E-state index in [1.54, 1.807) is 24.3 Å². The number of rotatable bonds is 7. The van der Waals surface area contributed by atoms with Gasteiger partial charge in [0.25, 0.3) is 5.91 Å². The molecule has 0 aromatic heterocycles. The van der Waals surface area contributed by atoms with Gasteiger partial charge < -0.3 is 10.6 Å². The highest BCUT2D eigenvalue weighted by atomic mass is 35.5. The summed E-state index contributed by atoms with van der Waals surface area (Å²) in [5, 5.41) is 6.44. The van der Waals surface area contributed by atoms with E-state index in [-0.39, 0.29) is 18.2 Å². The van der Waals surface area contributed by atoms with E-state index < -0.39 is 6.04 Å². The molecule has 2 N–H and O–H groups in total. The van der Waals surface area contributed by atoms with Crippen LogP contribution >= 0.6 is 11.6 Å². The molecule has 2 amide bonds. The van der Waals surface area contributed by atoms with Gasteiger partial charge in [0, 0.05) is 5.69 Å². The Bertz CT molecular complexity index is 1250. The Morgan fingerprint density at radius 3 is 2.03 bits per heavy atom. The van der Waals surface area contributed by atoms with Gasteiger partial charge >= 0.3 is 0 Å². The van der Waals surface area contributed by atoms with Gasteiger partial charge in [-0.3, -0.25) is 9.59 Å². The smallest absolute Gasteiger partial charge is 0.253 e. The van der Waals surface area contributed by atoms with Crippen molar-refractivity contribution in [2.45, 2.75) is 56.4 Å². The van der Waals surface area contributed by atoms with Crippen molar-refractivity contribution in [2.75, 3.05) is 5.32 Å². The molecule has 0 spiro atoms. The highest BCUT2D eigenvalue weighted by Gasteiger charge is 2.51. The van der Waals surface area contributed by atoms with Gasteiger partial charge in [0.15, 0.2) is 0 Å². The number of carbonyl (C=O) groups excluding carboxylic acids is 2. The lowest BCUT2D eigenvalue weighted by atomic mass is 9.48. The van der Waals surface area contributed by atoms with Crippen LogP contribution in [0.5, 0.6) is 0 Å². The molecule has 7 rings (SSSR count). The number of carbonyl (C=O) groups is 2. The number of hydrogen-bond donors (Lipinski definition) is 2. The fraction of sp³-hybridized carbons (Fsp3) is 0.375. The van der Waals surface area contributed by atoms with Crippen LogP contribution < -0.4 is 10.6 Å². The van der Waals surface area contributed by atoms with Crippen molar-refractivity contribution >= 4 is 29.1 Å². The third-order valence-corrected chi connectivity index (χ3v) is 9.16. The molecule has 0 heterocycles. The second-order valence-electron chi connectivity index (χ2n) is 11.4. The SMILES string of the molecule is O=C(CC(NC(=O)c1ccccc1Cl)c1ccccc1)Nc1ccc(C23CC4CC(CC(C4)C2)C3)cc1. The molecule has 4 saturated carbocycles. The molecule has 3 aromatic carbocycles. The number of anilines is 1. The van der Waals surface area contributed by atoms with Crippen LogP contribution in [0.2, 0.25) is 5.02 Å². The monoisotopic (exact) mass is 512 g/mol. The van der Waals surface area contributed by atoms with E-state index in [1.807, 2.05) is 42.5 Å². The summed E-state index contributed by atoms with van der Waals surface area (Å²) >= 11 is 6.23. The lowest BCUT2D eigenvalue weighted by molar-refractivity contribution is -0.116. The number of amides is 2. The Morgan fingerprint density at radius 2 is 1.41 bits per heavy atom. The highest BCUT2D eigenvalue weighted by molar-refractivity contribution is 6.33. The van der Waals surface area contributed by atoms with Gasteiger partial charge in [-0.25, -0.2) is 0 Å². The first-order chi connectivity index (χ1) is 18.0. The number of benzene rings is 3. The first-order valence-electron chi connectivity index (χ1n) is 13.5. The fourth-order valence-corrected chi connectivity index (χ4v) is 7.81. The average molecular weight is 513 g/mol. The maximum absolute atomic E-state index is 13.1. The van der Waals surface area contributed by atoms with Crippen molar-refractivity contribution < 1.29 is 9.59 Å². The lowest BCUT2D eigenvalue weighted by Gasteiger charge is -2.57. The average Bonchev–Trinajstić information content (AvgIpc) is 2.88. The van der Waals surface area contributed by atoms with Gasteiger partial charge in [-0.1, -0.05) is 66.2 Å². The van der Waals surface area contributed by atoms with E-state index in [9.17, 15) is 9.59 Å². The van der Waals surface area contributed by atoms with Crippen molar-refractivity contribution in [3.05, 3.63) is 101 Å². The van der Waals surface area contributed by atoms with Crippen LogP contribution in [0, 0.1) is 17.8 Å². The van der Waals surface area contributed by atoms with Crippen LogP contribution in [0.4, 0.5) is 5.69 Å². The van der Waals surface area contributed by atoms with Gasteiger partial charge in [-0.05, 0) is 97.1 Å². The summed E-state index contributed by atoms with van der Waals surface area (Å²) < 4.78 is 0. The second kappa shape index (κ2) is 9.98. The quantitative estimate of drug-likeness (QED) is 0.348. The summed E-state index contributed by atoms with van der Waals surface area (Å²) in [5.74, 6) is 2.27. The summed E-state index contributed by atoms with van der Waals surface area (Å²) in [6, 6.07) is 24.6. The Balaban J connectivity index is 1.14. The van der Waals surface area contributed by atoms with Crippen LogP contribution in [0.3, 0.4) is 0 Å². The maximum Gasteiger partial charge on any atom is 0.253 e. The van der Waals surface area contributed by atoms with Crippen molar-refractivity contribution in [3.63, 3.8) is 0 Å². The number of hydrogen-bond acceptors (Lipinski definition) is 2. The Labute approximate surface area is 223 Å².